The largest absolute Gasteiger partial charge is 0.341 e. The fraction of sp³-hybridized carbons (Fsp3) is 0.636. The number of nitrogens with one attached hydrogen (secondary N) is 1. The Kier molecular flexibility index (Phi) is 6.70. The molecule has 0 bridgehead atoms. The van der Waals surface area contributed by atoms with Crippen molar-refractivity contribution in [1.82, 2.24) is 4.90 Å². The minimum absolute atomic E-state index is 0.0701. The molecule has 0 saturated heterocycles. The standard InChI is InChI=1S/C22H32N2O2/c1-24(16-17-8-4-2-5-9-17)22(26)19-12-14-20(15-13-19)23-21(25)18-10-6-3-7-11-18/h12-15,17-18H,2-11,16H2,1H3,(H,23,25). The van der Waals surface area contributed by atoms with Crippen molar-refractivity contribution in [2.45, 2.75) is 64.2 Å². The zero-order valence-corrected chi connectivity index (χ0v) is 16.0. The summed E-state index contributed by atoms with van der Waals surface area (Å²) in [6.07, 6.45) is 11.9. The van der Waals surface area contributed by atoms with Gasteiger partial charge >= 0.3 is 0 Å². The first-order valence-electron chi connectivity index (χ1n) is 10.3. The van der Waals surface area contributed by atoms with Crippen LogP contribution in [0.15, 0.2) is 24.3 Å². The monoisotopic (exact) mass is 356 g/mol. The highest BCUT2D eigenvalue weighted by Crippen LogP contribution is 2.26. The number of hydrogen-bond donors (Lipinski definition) is 1. The van der Waals surface area contributed by atoms with Gasteiger partial charge in [-0.2, -0.15) is 0 Å². The van der Waals surface area contributed by atoms with Crippen molar-refractivity contribution in [2.75, 3.05) is 18.9 Å². The van der Waals surface area contributed by atoms with Gasteiger partial charge in [-0.15, -0.1) is 0 Å². The number of carbonyl (C=O) groups is 2. The summed E-state index contributed by atoms with van der Waals surface area (Å²) in [7, 11) is 1.90. The van der Waals surface area contributed by atoms with E-state index < -0.39 is 0 Å². The van der Waals surface area contributed by atoms with Gasteiger partial charge in [-0.25, -0.2) is 0 Å². The average molecular weight is 357 g/mol. The summed E-state index contributed by atoms with van der Waals surface area (Å²) in [6.45, 7) is 0.846. The summed E-state index contributed by atoms with van der Waals surface area (Å²) in [5.74, 6) is 0.984. The van der Waals surface area contributed by atoms with Crippen LogP contribution in [0.3, 0.4) is 0 Å². The normalized spacial score (nSPS) is 19.1. The van der Waals surface area contributed by atoms with E-state index in [1.54, 1.807) is 0 Å². The van der Waals surface area contributed by atoms with Crippen molar-refractivity contribution in [3.63, 3.8) is 0 Å². The van der Waals surface area contributed by atoms with Crippen LogP contribution in [0.5, 0.6) is 0 Å². The number of carbonyl (C=O) groups excluding carboxylic acids is 2. The molecule has 1 aromatic rings. The third-order valence-corrected chi connectivity index (χ3v) is 5.98. The molecule has 3 rings (SSSR count). The van der Waals surface area contributed by atoms with Gasteiger partial charge < -0.3 is 10.2 Å². The Morgan fingerprint density at radius 3 is 2.12 bits per heavy atom. The van der Waals surface area contributed by atoms with E-state index in [0.717, 1.165) is 37.9 Å². The predicted octanol–water partition coefficient (Wildman–Crippen LogP) is 4.86. The molecule has 0 aliphatic heterocycles. The summed E-state index contributed by atoms with van der Waals surface area (Å²) < 4.78 is 0. The molecule has 1 aromatic carbocycles. The molecule has 4 nitrogen and oxygen atoms in total. The molecule has 26 heavy (non-hydrogen) atoms. The van der Waals surface area contributed by atoms with Gasteiger partial charge in [-0.05, 0) is 55.9 Å². The molecule has 0 unspecified atom stereocenters. The van der Waals surface area contributed by atoms with Gasteiger partial charge in [0.25, 0.3) is 5.91 Å². The Morgan fingerprint density at radius 1 is 0.923 bits per heavy atom. The van der Waals surface area contributed by atoms with Gasteiger partial charge in [0.1, 0.15) is 0 Å². The predicted molar refractivity (Wildman–Crippen MR) is 105 cm³/mol. The minimum atomic E-state index is 0.0701. The molecule has 2 saturated carbocycles. The third kappa shape index (κ3) is 5.09. The lowest BCUT2D eigenvalue weighted by atomic mass is 9.88. The van der Waals surface area contributed by atoms with E-state index in [1.165, 1.54) is 38.5 Å². The summed E-state index contributed by atoms with van der Waals surface area (Å²) in [5, 5.41) is 3.01. The third-order valence-electron chi connectivity index (χ3n) is 5.98. The molecule has 0 radical (unpaired) electrons. The highest BCUT2D eigenvalue weighted by atomic mass is 16.2. The molecule has 2 aliphatic carbocycles. The van der Waals surface area contributed by atoms with Crippen molar-refractivity contribution in [2.24, 2.45) is 11.8 Å². The Hall–Kier alpha value is -1.84. The lowest BCUT2D eigenvalue weighted by Crippen LogP contribution is -2.32. The van der Waals surface area contributed by atoms with E-state index in [2.05, 4.69) is 5.32 Å². The molecule has 2 fully saturated rings. The number of benzene rings is 1. The Labute approximate surface area is 157 Å². The van der Waals surface area contributed by atoms with Gasteiger partial charge in [-0.1, -0.05) is 38.5 Å². The zero-order chi connectivity index (χ0) is 18.4. The van der Waals surface area contributed by atoms with Crippen LogP contribution < -0.4 is 5.32 Å². The Morgan fingerprint density at radius 2 is 1.50 bits per heavy atom. The molecule has 0 aromatic heterocycles. The van der Waals surface area contributed by atoms with Gasteiger partial charge in [0.15, 0.2) is 0 Å². The maximum absolute atomic E-state index is 12.6. The van der Waals surface area contributed by atoms with Crippen LogP contribution in [0, 0.1) is 11.8 Å². The fourth-order valence-electron chi connectivity index (χ4n) is 4.37. The lowest BCUT2D eigenvalue weighted by molar-refractivity contribution is -0.120. The second-order valence-corrected chi connectivity index (χ2v) is 8.09. The molecule has 4 heteroatoms. The summed E-state index contributed by atoms with van der Waals surface area (Å²) in [5.41, 5.74) is 1.48. The molecule has 0 spiro atoms. The number of nitrogens with zero attached hydrogens (tertiary/aromatic N) is 1. The average Bonchev–Trinajstić information content (AvgIpc) is 2.69. The highest BCUT2D eigenvalue weighted by Gasteiger charge is 2.22. The molecule has 2 aliphatic rings. The Bertz CT molecular complexity index is 599. The van der Waals surface area contributed by atoms with Crippen LogP contribution >= 0.6 is 0 Å². The van der Waals surface area contributed by atoms with Crippen LogP contribution in [-0.4, -0.2) is 30.3 Å². The second kappa shape index (κ2) is 9.20. The highest BCUT2D eigenvalue weighted by molar-refractivity contribution is 5.96. The van der Waals surface area contributed by atoms with Crippen molar-refractivity contribution < 1.29 is 9.59 Å². The molecule has 0 heterocycles. The van der Waals surface area contributed by atoms with Crippen molar-refractivity contribution in [1.29, 1.82) is 0 Å². The fourth-order valence-corrected chi connectivity index (χ4v) is 4.37. The zero-order valence-electron chi connectivity index (χ0n) is 16.0. The lowest BCUT2D eigenvalue weighted by Gasteiger charge is -2.27. The first-order valence-corrected chi connectivity index (χ1v) is 10.3. The van der Waals surface area contributed by atoms with Gasteiger partial charge in [0, 0.05) is 30.8 Å². The van der Waals surface area contributed by atoms with E-state index >= 15 is 0 Å². The van der Waals surface area contributed by atoms with Crippen LogP contribution in [0.2, 0.25) is 0 Å². The number of amides is 2. The Balaban J connectivity index is 1.52. The van der Waals surface area contributed by atoms with Crippen LogP contribution in [-0.2, 0) is 4.79 Å². The maximum Gasteiger partial charge on any atom is 0.253 e. The quantitative estimate of drug-likeness (QED) is 0.819. The first kappa shape index (κ1) is 18.9. The molecule has 2 amide bonds. The van der Waals surface area contributed by atoms with Crippen LogP contribution in [0.1, 0.15) is 74.6 Å². The van der Waals surface area contributed by atoms with E-state index in [1.807, 2.05) is 36.2 Å². The van der Waals surface area contributed by atoms with Crippen LogP contribution in [0.4, 0.5) is 5.69 Å². The minimum Gasteiger partial charge on any atom is -0.341 e. The van der Waals surface area contributed by atoms with Crippen molar-refractivity contribution >= 4 is 17.5 Å². The second-order valence-electron chi connectivity index (χ2n) is 8.09. The van der Waals surface area contributed by atoms with Gasteiger partial charge in [0.05, 0.1) is 0 Å². The summed E-state index contributed by atoms with van der Waals surface area (Å²) in [6, 6.07) is 7.36. The summed E-state index contributed by atoms with van der Waals surface area (Å²) in [4.78, 5) is 26.8. The molecule has 1 N–H and O–H groups in total. The van der Waals surface area contributed by atoms with E-state index in [0.29, 0.717) is 11.5 Å². The molecule has 142 valence electrons. The van der Waals surface area contributed by atoms with Gasteiger partial charge in [0.2, 0.25) is 5.91 Å². The number of rotatable bonds is 5. The van der Waals surface area contributed by atoms with Crippen molar-refractivity contribution in [3.05, 3.63) is 29.8 Å². The maximum atomic E-state index is 12.6. The van der Waals surface area contributed by atoms with E-state index in [9.17, 15) is 9.59 Å². The van der Waals surface area contributed by atoms with Crippen molar-refractivity contribution in [3.8, 4) is 0 Å². The number of hydrogen-bond acceptors (Lipinski definition) is 2. The smallest absolute Gasteiger partial charge is 0.253 e. The van der Waals surface area contributed by atoms with E-state index in [-0.39, 0.29) is 17.7 Å². The molecular weight excluding hydrogens is 324 g/mol. The first-order chi connectivity index (χ1) is 12.6. The van der Waals surface area contributed by atoms with Crippen LogP contribution in [0.25, 0.3) is 0 Å². The summed E-state index contributed by atoms with van der Waals surface area (Å²) >= 11 is 0. The molecule has 0 atom stereocenters. The topological polar surface area (TPSA) is 49.4 Å². The number of anilines is 1. The van der Waals surface area contributed by atoms with Gasteiger partial charge in [-0.3, -0.25) is 9.59 Å². The van der Waals surface area contributed by atoms with E-state index in [4.69, 9.17) is 0 Å². The molecular formula is C22H32N2O2. The SMILES string of the molecule is CN(CC1CCCCC1)C(=O)c1ccc(NC(=O)C2CCCCC2)cc1.